The van der Waals surface area contributed by atoms with Gasteiger partial charge in [0.1, 0.15) is 0 Å². The minimum atomic E-state index is -2.93. The van der Waals surface area contributed by atoms with E-state index in [1.807, 2.05) is 4.90 Å². The first-order valence-corrected chi connectivity index (χ1v) is 10.4. The second-order valence-corrected chi connectivity index (χ2v) is 10.9. The largest absolute Gasteiger partial charge is 0.333 e. The van der Waals surface area contributed by atoms with Gasteiger partial charge >= 0.3 is 6.03 Å². The molecule has 2 atom stereocenters. The van der Waals surface area contributed by atoms with Crippen molar-refractivity contribution in [2.75, 3.05) is 12.3 Å². The maximum atomic E-state index is 12.8. The quantitative estimate of drug-likeness (QED) is 0.795. The number of hydrogen-bond acceptors (Lipinski definition) is 3. The van der Waals surface area contributed by atoms with Crippen molar-refractivity contribution in [3.63, 3.8) is 0 Å². The molecule has 6 heteroatoms. The Bertz CT molecular complexity index is 594. The van der Waals surface area contributed by atoms with Gasteiger partial charge in [-0.25, -0.2) is 13.2 Å². The zero-order chi connectivity index (χ0) is 15.1. The summed E-state index contributed by atoms with van der Waals surface area (Å²) >= 11 is 0. The SMILES string of the molecule is O=C(NC12CC3CC(CC(C3)C1)C2)N1CC2CC1CS2(=O)=O. The Kier molecular flexibility index (Phi) is 2.60. The number of urea groups is 1. The molecule has 6 rings (SSSR count). The van der Waals surface area contributed by atoms with Crippen LogP contribution in [-0.4, -0.2) is 48.5 Å². The lowest BCUT2D eigenvalue weighted by molar-refractivity contribution is -0.0157. The molecule has 0 aromatic carbocycles. The molecule has 5 nitrogen and oxygen atoms in total. The summed E-state index contributed by atoms with van der Waals surface area (Å²) in [6.45, 7) is 0.408. The van der Waals surface area contributed by atoms with Gasteiger partial charge in [-0.1, -0.05) is 0 Å². The van der Waals surface area contributed by atoms with Crippen LogP contribution in [0.4, 0.5) is 4.79 Å². The van der Waals surface area contributed by atoms with Gasteiger partial charge in [0.2, 0.25) is 0 Å². The highest BCUT2D eigenvalue weighted by molar-refractivity contribution is 7.92. The number of nitrogens with zero attached hydrogens (tertiary/aromatic N) is 1. The number of amides is 2. The molecule has 6 bridgehead atoms. The van der Waals surface area contributed by atoms with E-state index in [2.05, 4.69) is 5.32 Å². The van der Waals surface area contributed by atoms with Crippen molar-refractivity contribution in [2.45, 2.75) is 61.8 Å². The zero-order valence-corrected chi connectivity index (χ0v) is 13.6. The fourth-order valence-corrected chi connectivity index (χ4v) is 8.53. The first-order chi connectivity index (χ1) is 10.4. The molecule has 6 fully saturated rings. The van der Waals surface area contributed by atoms with Crippen LogP contribution in [0.15, 0.2) is 0 Å². The average Bonchev–Trinajstić information content (AvgIpc) is 2.91. The molecule has 6 aliphatic rings. The fourth-order valence-electron chi connectivity index (χ4n) is 6.51. The normalized spacial score (nSPS) is 50.5. The number of hydrogen-bond donors (Lipinski definition) is 1. The van der Waals surface area contributed by atoms with Crippen LogP contribution in [0.5, 0.6) is 0 Å². The van der Waals surface area contributed by atoms with E-state index in [-0.39, 0.29) is 28.6 Å². The molecule has 4 aliphatic carbocycles. The predicted molar refractivity (Wildman–Crippen MR) is 82.1 cm³/mol. The number of nitrogens with one attached hydrogen (secondary N) is 1. The van der Waals surface area contributed by atoms with E-state index >= 15 is 0 Å². The van der Waals surface area contributed by atoms with Crippen LogP contribution in [-0.2, 0) is 9.84 Å². The van der Waals surface area contributed by atoms with Crippen LogP contribution in [0.25, 0.3) is 0 Å². The molecule has 0 aromatic heterocycles. The first-order valence-electron chi connectivity index (χ1n) is 8.73. The van der Waals surface area contributed by atoms with Gasteiger partial charge in [0.05, 0.1) is 11.0 Å². The fraction of sp³-hybridized carbons (Fsp3) is 0.938. The summed E-state index contributed by atoms with van der Waals surface area (Å²) in [5.41, 5.74) is 0.0204. The van der Waals surface area contributed by atoms with Crippen LogP contribution < -0.4 is 5.32 Å². The van der Waals surface area contributed by atoms with Gasteiger partial charge in [0.15, 0.2) is 9.84 Å². The Balaban J connectivity index is 1.32. The molecule has 2 heterocycles. The van der Waals surface area contributed by atoms with E-state index in [1.54, 1.807) is 0 Å². The third kappa shape index (κ3) is 1.88. The minimum Gasteiger partial charge on any atom is -0.333 e. The van der Waals surface area contributed by atoms with Gasteiger partial charge in [-0.05, 0) is 62.7 Å². The lowest BCUT2D eigenvalue weighted by atomic mass is 9.53. The molecule has 1 N–H and O–H groups in total. The summed E-state index contributed by atoms with van der Waals surface area (Å²) < 4.78 is 23.7. The summed E-state index contributed by atoms with van der Waals surface area (Å²) in [4.78, 5) is 14.6. The van der Waals surface area contributed by atoms with Gasteiger partial charge in [-0.2, -0.15) is 0 Å². The topological polar surface area (TPSA) is 66.5 Å². The number of sulfone groups is 1. The van der Waals surface area contributed by atoms with Crippen molar-refractivity contribution in [3.8, 4) is 0 Å². The number of fused-ring (bicyclic) bond motifs is 2. The molecular weight excluding hydrogens is 300 g/mol. The first kappa shape index (κ1) is 13.6. The van der Waals surface area contributed by atoms with E-state index in [0.717, 1.165) is 37.0 Å². The second kappa shape index (κ2) is 4.19. The lowest BCUT2D eigenvalue weighted by Gasteiger charge is -2.57. The van der Waals surface area contributed by atoms with E-state index in [9.17, 15) is 13.2 Å². The summed E-state index contributed by atoms with van der Waals surface area (Å²) in [5, 5.41) is 3.06. The van der Waals surface area contributed by atoms with Crippen molar-refractivity contribution >= 4 is 15.9 Å². The standard InChI is InChI=1S/C16H24N2O3S/c19-15(18-8-14-4-13(18)9-22(14,20)21)17-16-5-10-1-11(6-16)3-12(2-10)7-16/h10-14H,1-9H2,(H,17,19). The summed E-state index contributed by atoms with van der Waals surface area (Å²) in [7, 11) is -2.93. The molecule has 2 aliphatic heterocycles. The second-order valence-electron chi connectivity index (χ2n) is 8.62. The van der Waals surface area contributed by atoms with Gasteiger partial charge in [-0.3, -0.25) is 0 Å². The third-order valence-corrected chi connectivity index (χ3v) is 9.19. The zero-order valence-electron chi connectivity index (χ0n) is 12.8. The van der Waals surface area contributed by atoms with Crippen LogP contribution in [0.2, 0.25) is 0 Å². The van der Waals surface area contributed by atoms with Crippen molar-refractivity contribution in [2.24, 2.45) is 17.8 Å². The van der Waals surface area contributed by atoms with Gasteiger partial charge in [0.25, 0.3) is 0 Å². The van der Waals surface area contributed by atoms with E-state index in [0.29, 0.717) is 13.0 Å². The summed E-state index contributed by atoms with van der Waals surface area (Å²) in [5.74, 6) is 2.59. The third-order valence-electron chi connectivity index (χ3n) is 6.98. The molecule has 0 radical (unpaired) electrons. The van der Waals surface area contributed by atoms with Gasteiger partial charge < -0.3 is 10.2 Å². The predicted octanol–water partition coefficient (Wildman–Crippen LogP) is 1.54. The maximum Gasteiger partial charge on any atom is 0.318 e. The molecule has 2 unspecified atom stereocenters. The van der Waals surface area contributed by atoms with E-state index in [4.69, 9.17) is 0 Å². The van der Waals surface area contributed by atoms with Crippen molar-refractivity contribution in [3.05, 3.63) is 0 Å². The number of carbonyl (C=O) groups is 1. The van der Waals surface area contributed by atoms with Crippen molar-refractivity contribution < 1.29 is 13.2 Å². The molecule has 2 saturated heterocycles. The van der Waals surface area contributed by atoms with Crippen molar-refractivity contribution in [1.29, 1.82) is 0 Å². The number of rotatable bonds is 1. The average molecular weight is 324 g/mol. The van der Waals surface area contributed by atoms with Crippen molar-refractivity contribution in [1.82, 2.24) is 10.2 Å². The Labute approximate surface area is 131 Å². The highest BCUT2D eigenvalue weighted by Crippen LogP contribution is 2.55. The molecule has 122 valence electrons. The van der Waals surface area contributed by atoms with Gasteiger partial charge in [-0.15, -0.1) is 0 Å². The van der Waals surface area contributed by atoms with Crippen LogP contribution >= 0.6 is 0 Å². The highest BCUT2D eigenvalue weighted by atomic mass is 32.2. The van der Waals surface area contributed by atoms with Gasteiger partial charge in [0, 0.05) is 18.1 Å². The Morgan fingerprint density at radius 2 is 1.59 bits per heavy atom. The van der Waals surface area contributed by atoms with Crippen LogP contribution in [0.3, 0.4) is 0 Å². The van der Waals surface area contributed by atoms with Crippen LogP contribution in [0, 0.1) is 17.8 Å². The molecular formula is C16H24N2O3S. The summed E-state index contributed by atoms with van der Waals surface area (Å²) in [6, 6.07) is -0.0757. The smallest absolute Gasteiger partial charge is 0.318 e. The number of carbonyl (C=O) groups excluding carboxylic acids is 1. The molecule has 2 amide bonds. The monoisotopic (exact) mass is 324 g/mol. The highest BCUT2D eigenvalue weighted by Gasteiger charge is 2.54. The molecule has 22 heavy (non-hydrogen) atoms. The molecule has 0 aromatic rings. The Hall–Kier alpha value is -0.780. The van der Waals surface area contributed by atoms with E-state index < -0.39 is 9.84 Å². The maximum absolute atomic E-state index is 12.8. The number of likely N-dealkylation sites (tertiary alicyclic amines) is 1. The molecule has 0 spiro atoms. The van der Waals surface area contributed by atoms with Crippen LogP contribution in [0.1, 0.15) is 44.9 Å². The minimum absolute atomic E-state index is 0.00403. The Morgan fingerprint density at radius 1 is 1.00 bits per heavy atom. The molecule has 4 saturated carbocycles. The Morgan fingerprint density at radius 3 is 2.05 bits per heavy atom. The summed E-state index contributed by atoms with van der Waals surface area (Å²) in [6.07, 6.45) is 8.17. The van der Waals surface area contributed by atoms with E-state index in [1.165, 1.54) is 19.3 Å². The lowest BCUT2D eigenvalue weighted by Crippen LogP contribution is -2.63.